The van der Waals surface area contributed by atoms with Crippen LogP contribution in [0.15, 0.2) is 0 Å². The third kappa shape index (κ3) is 5.77. The highest BCUT2D eigenvalue weighted by Gasteiger charge is 2.48. The van der Waals surface area contributed by atoms with Gasteiger partial charge in [-0.15, -0.1) is 0 Å². The van der Waals surface area contributed by atoms with Crippen LogP contribution < -0.4 is 0 Å². The van der Waals surface area contributed by atoms with Gasteiger partial charge in [0.1, 0.15) is 12.2 Å². The fourth-order valence-electron chi connectivity index (χ4n) is 6.61. The molecule has 3 rings (SSSR count). The zero-order chi connectivity index (χ0) is 25.7. The molecule has 2 aliphatic heterocycles. The predicted molar refractivity (Wildman–Crippen MR) is 127 cm³/mol. The smallest absolute Gasteiger partial charge is 0.309 e. The molecule has 0 aromatic heterocycles. The van der Waals surface area contributed by atoms with E-state index in [9.17, 15) is 20.0 Å². The highest BCUT2D eigenvalue weighted by atomic mass is 16.6. The van der Waals surface area contributed by atoms with Crippen LogP contribution in [0.3, 0.4) is 0 Å². The number of carbonyl (C=O) groups excluding carboxylic acids is 2. The second kappa shape index (κ2) is 9.34. The van der Waals surface area contributed by atoms with Gasteiger partial charge in [-0.1, -0.05) is 0 Å². The maximum absolute atomic E-state index is 12.9. The van der Waals surface area contributed by atoms with Crippen LogP contribution >= 0.6 is 0 Å². The lowest BCUT2D eigenvalue weighted by atomic mass is 9.79. The molecule has 2 saturated heterocycles. The van der Waals surface area contributed by atoms with Crippen molar-refractivity contribution < 1.29 is 29.5 Å². The van der Waals surface area contributed by atoms with Crippen LogP contribution in [0.1, 0.15) is 107 Å². The van der Waals surface area contributed by atoms with Gasteiger partial charge in [0.25, 0.3) is 0 Å². The van der Waals surface area contributed by atoms with Gasteiger partial charge in [0, 0.05) is 47.8 Å². The molecule has 196 valence electrons. The molecule has 0 radical (unpaired) electrons. The van der Waals surface area contributed by atoms with Crippen molar-refractivity contribution in [3.8, 4) is 0 Å². The molecule has 0 spiro atoms. The number of hydrogen-bond acceptors (Lipinski definition) is 8. The molecule has 3 aliphatic rings. The summed E-state index contributed by atoms with van der Waals surface area (Å²) in [5.74, 6) is -0.766. The van der Waals surface area contributed by atoms with E-state index in [1.165, 1.54) is 10.1 Å². The van der Waals surface area contributed by atoms with E-state index in [-0.39, 0.29) is 36.0 Å². The molecule has 2 heterocycles. The summed E-state index contributed by atoms with van der Waals surface area (Å²) in [7, 11) is 0. The van der Waals surface area contributed by atoms with Crippen molar-refractivity contribution in [2.45, 2.75) is 141 Å². The average Bonchev–Trinajstić information content (AvgIpc) is 2.69. The van der Waals surface area contributed by atoms with Gasteiger partial charge in [-0.25, -0.2) is 0 Å². The zero-order valence-corrected chi connectivity index (χ0v) is 22.4. The van der Waals surface area contributed by atoms with Gasteiger partial charge in [0.15, 0.2) is 0 Å². The fraction of sp³-hybridized carbons (Fsp3) is 0.923. The van der Waals surface area contributed by atoms with Crippen molar-refractivity contribution in [3.63, 3.8) is 0 Å². The Bertz CT molecular complexity index is 669. The van der Waals surface area contributed by atoms with E-state index in [1.807, 2.05) is 55.4 Å². The molecular weight excluding hydrogens is 436 g/mol. The van der Waals surface area contributed by atoms with Gasteiger partial charge >= 0.3 is 11.9 Å². The lowest BCUT2D eigenvalue weighted by Crippen LogP contribution is -2.61. The molecule has 1 saturated carbocycles. The van der Waals surface area contributed by atoms with E-state index >= 15 is 0 Å². The van der Waals surface area contributed by atoms with Crippen LogP contribution in [0.25, 0.3) is 0 Å². The highest BCUT2D eigenvalue weighted by Crippen LogP contribution is 2.40. The summed E-state index contributed by atoms with van der Waals surface area (Å²) in [4.78, 5) is 25.8. The van der Waals surface area contributed by atoms with Crippen molar-refractivity contribution in [1.82, 2.24) is 10.1 Å². The molecule has 0 aromatic rings. The van der Waals surface area contributed by atoms with Crippen molar-refractivity contribution >= 4 is 11.9 Å². The minimum absolute atomic E-state index is 0.186. The Morgan fingerprint density at radius 2 is 0.824 bits per heavy atom. The van der Waals surface area contributed by atoms with E-state index < -0.39 is 22.2 Å². The summed E-state index contributed by atoms with van der Waals surface area (Å²) >= 11 is 0. The van der Waals surface area contributed by atoms with Crippen LogP contribution in [-0.4, -0.2) is 66.8 Å². The van der Waals surface area contributed by atoms with Crippen LogP contribution in [0.4, 0.5) is 0 Å². The number of nitrogens with zero attached hydrogens (tertiary/aromatic N) is 2. The molecule has 2 N–H and O–H groups in total. The summed E-state index contributed by atoms with van der Waals surface area (Å²) in [5, 5.41) is 23.7. The molecule has 0 amide bonds. The van der Waals surface area contributed by atoms with Gasteiger partial charge in [0.05, 0.1) is 11.8 Å². The Kier molecular flexibility index (Phi) is 7.52. The molecule has 8 heteroatoms. The van der Waals surface area contributed by atoms with Gasteiger partial charge in [-0.05, 0) is 81.1 Å². The maximum Gasteiger partial charge on any atom is 0.309 e. The quantitative estimate of drug-likeness (QED) is 0.556. The Morgan fingerprint density at radius 3 is 1.06 bits per heavy atom. The van der Waals surface area contributed by atoms with Gasteiger partial charge < -0.3 is 19.9 Å². The molecule has 0 atom stereocenters. The van der Waals surface area contributed by atoms with Crippen LogP contribution in [0, 0.1) is 11.8 Å². The number of esters is 2. The van der Waals surface area contributed by atoms with Crippen molar-refractivity contribution in [2.24, 2.45) is 11.8 Å². The molecule has 0 aromatic carbocycles. The third-order valence-corrected chi connectivity index (χ3v) is 8.16. The topological polar surface area (TPSA) is 99.5 Å². The van der Waals surface area contributed by atoms with E-state index in [2.05, 4.69) is 0 Å². The molecule has 8 nitrogen and oxygen atoms in total. The largest absolute Gasteiger partial charge is 0.462 e. The Hall–Kier alpha value is -1.22. The Morgan fingerprint density at radius 1 is 0.588 bits per heavy atom. The van der Waals surface area contributed by atoms with Crippen molar-refractivity contribution in [2.75, 3.05) is 0 Å². The first-order valence-corrected chi connectivity index (χ1v) is 12.8. The first kappa shape index (κ1) is 27.4. The minimum Gasteiger partial charge on any atom is -0.462 e. The third-order valence-electron chi connectivity index (χ3n) is 8.16. The van der Waals surface area contributed by atoms with Gasteiger partial charge in [-0.3, -0.25) is 9.59 Å². The highest BCUT2D eigenvalue weighted by molar-refractivity contribution is 5.75. The number of hydroxylamine groups is 4. The molecule has 1 aliphatic carbocycles. The summed E-state index contributed by atoms with van der Waals surface area (Å²) in [6.45, 7) is 15.7. The standard InChI is InChI=1S/C26H46N2O6/c1-23(2)13-19(14-24(3,4)27(23)31)33-21(29)17-9-11-18(12-10-17)22(30)34-20-15-25(5,6)28(32)26(7,8)16-20/h17-20,31-32H,9-16H2,1-8H3. The minimum atomic E-state index is -0.469. The zero-order valence-electron chi connectivity index (χ0n) is 22.4. The number of hydrogen-bond donors (Lipinski definition) is 2. The first-order valence-electron chi connectivity index (χ1n) is 12.8. The van der Waals surface area contributed by atoms with E-state index in [4.69, 9.17) is 9.47 Å². The van der Waals surface area contributed by atoms with Crippen molar-refractivity contribution in [1.29, 1.82) is 0 Å². The average molecular weight is 483 g/mol. The number of ether oxygens (including phenoxy) is 2. The van der Waals surface area contributed by atoms with Gasteiger partial charge in [-0.2, -0.15) is 10.1 Å². The summed E-state index contributed by atoms with van der Waals surface area (Å²) < 4.78 is 11.8. The summed E-state index contributed by atoms with van der Waals surface area (Å²) in [6.07, 6.45) is 4.36. The maximum atomic E-state index is 12.9. The molecular formula is C26H46N2O6. The molecule has 3 fully saturated rings. The Balaban J connectivity index is 1.49. The molecule has 0 bridgehead atoms. The Labute approximate surface area is 204 Å². The van der Waals surface area contributed by atoms with Crippen molar-refractivity contribution in [3.05, 3.63) is 0 Å². The molecule has 34 heavy (non-hydrogen) atoms. The number of carbonyl (C=O) groups is 2. The van der Waals surface area contributed by atoms with Crippen LogP contribution in [0.2, 0.25) is 0 Å². The monoisotopic (exact) mass is 482 g/mol. The van der Waals surface area contributed by atoms with Gasteiger partial charge in [0.2, 0.25) is 0 Å². The van der Waals surface area contributed by atoms with E-state index in [0.29, 0.717) is 51.4 Å². The van der Waals surface area contributed by atoms with E-state index in [0.717, 1.165) is 0 Å². The molecule has 0 unspecified atom stereocenters. The first-order chi connectivity index (χ1) is 15.4. The van der Waals surface area contributed by atoms with E-state index in [1.54, 1.807) is 0 Å². The van der Waals surface area contributed by atoms with Crippen LogP contribution in [-0.2, 0) is 19.1 Å². The fourth-order valence-corrected chi connectivity index (χ4v) is 6.61. The summed E-state index contributed by atoms with van der Waals surface area (Å²) in [5.41, 5.74) is -1.88. The lowest BCUT2D eigenvalue weighted by molar-refractivity contribution is -0.260. The second-order valence-corrected chi connectivity index (χ2v) is 13.4. The number of rotatable bonds is 4. The number of piperidine rings is 2. The summed E-state index contributed by atoms with van der Waals surface area (Å²) in [6, 6.07) is 0. The predicted octanol–water partition coefficient (Wildman–Crippen LogP) is 4.70. The second-order valence-electron chi connectivity index (χ2n) is 13.4. The SMILES string of the molecule is CC1(C)CC(OC(=O)C2CCC(C(=O)OC3CC(C)(C)N(O)C(C)(C)C3)CC2)CC(C)(C)N1O. The lowest BCUT2D eigenvalue weighted by Gasteiger charge is -2.51. The normalized spacial score (nSPS) is 32.2. The van der Waals surface area contributed by atoms with Crippen LogP contribution in [0.5, 0.6) is 0 Å².